The highest BCUT2D eigenvalue weighted by Crippen LogP contribution is 2.35. The summed E-state index contributed by atoms with van der Waals surface area (Å²) in [5.41, 5.74) is -0.198. The normalized spacial score (nSPS) is 12.3. The zero-order chi connectivity index (χ0) is 27.7. The first-order valence-electron chi connectivity index (χ1n) is 10.6. The fourth-order valence-corrected chi connectivity index (χ4v) is 7.45. The molecule has 6 nitrogen and oxygen atoms in total. The van der Waals surface area contributed by atoms with Gasteiger partial charge in [0.05, 0.1) is 26.2 Å². The number of alkyl halides is 3. The van der Waals surface area contributed by atoms with E-state index in [0.29, 0.717) is 17.2 Å². The standard InChI is InChI=1S/C24H18ClF3N2O4S4/c1-35-18-8-5-15(6-9-18)16-7-10-20(29-38(33,34)23-12-11-22(25)36-23)21(13-16)30-37(31,32)19-4-2-3-17(14-19)24(26,27)28/h2-14,29-30H,1H3. The fraction of sp³-hybridized carbons (Fsp3) is 0.0833. The maximum Gasteiger partial charge on any atom is 0.416 e. The maximum absolute atomic E-state index is 13.2. The van der Waals surface area contributed by atoms with Gasteiger partial charge in [-0.1, -0.05) is 35.9 Å². The van der Waals surface area contributed by atoms with Crippen LogP contribution in [-0.4, -0.2) is 23.1 Å². The first-order valence-corrected chi connectivity index (χ1v) is 15.9. The van der Waals surface area contributed by atoms with E-state index in [9.17, 15) is 30.0 Å². The molecule has 3 aromatic carbocycles. The summed E-state index contributed by atoms with van der Waals surface area (Å²) in [6.45, 7) is 0. The summed E-state index contributed by atoms with van der Waals surface area (Å²) >= 11 is 8.20. The third kappa shape index (κ3) is 6.46. The Bertz CT molecular complexity index is 1690. The van der Waals surface area contributed by atoms with E-state index < -0.39 is 36.7 Å². The number of thioether (sulfide) groups is 1. The van der Waals surface area contributed by atoms with Gasteiger partial charge in [0, 0.05) is 4.90 Å². The molecule has 0 bridgehead atoms. The van der Waals surface area contributed by atoms with Crippen LogP contribution in [0.3, 0.4) is 0 Å². The van der Waals surface area contributed by atoms with Crippen molar-refractivity contribution in [1.82, 2.24) is 0 Å². The van der Waals surface area contributed by atoms with Gasteiger partial charge in [0.1, 0.15) is 4.21 Å². The van der Waals surface area contributed by atoms with Crippen molar-refractivity contribution in [2.24, 2.45) is 0 Å². The van der Waals surface area contributed by atoms with Crippen LogP contribution in [-0.2, 0) is 26.2 Å². The number of sulfonamides is 2. The highest BCUT2D eigenvalue weighted by Gasteiger charge is 2.32. The van der Waals surface area contributed by atoms with Gasteiger partial charge in [0.15, 0.2) is 0 Å². The van der Waals surface area contributed by atoms with Crippen LogP contribution >= 0.6 is 34.7 Å². The van der Waals surface area contributed by atoms with Crippen LogP contribution in [0.5, 0.6) is 0 Å². The lowest BCUT2D eigenvalue weighted by Gasteiger charge is -2.16. The third-order valence-corrected chi connectivity index (χ3v) is 10.4. The second-order valence-corrected chi connectivity index (χ2v) is 14.0. The first-order chi connectivity index (χ1) is 17.8. The number of benzene rings is 3. The monoisotopic (exact) mass is 618 g/mol. The summed E-state index contributed by atoms with van der Waals surface area (Å²) in [5, 5.41) is 0. The van der Waals surface area contributed by atoms with Crippen molar-refractivity contribution in [3.05, 3.63) is 88.8 Å². The quantitative estimate of drug-likeness (QED) is 0.201. The molecule has 14 heteroatoms. The lowest BCUT2D eigenvalue weighted by atomic mass is 10.0. The minimum absolute atomic E-state index is 0.106. The SMILES string of the molecule is CSc1ccc(-c2ccc(NS(=O)(=O)c3ccc(Cl)s3)c(NS(=O)(=O)c3cccc(C(F)(F)F)c3)c2)cc1. The van der Waals surface area contributed by atoms with Gasteiger partial charge < -0.3 is 0 Å². The molecule has 1 aromatic heterocycles. The first kappa shape index (κ1) is 28.3. The predicted octanol–water partition coefficient (Wildman–Crippen LogP) is 7.41. The number of rotatable bonds is 8. The van der Waals surface area contributed by atoms with Crippen LogP contribution in [0.4, 0.5) is 24.5 Å². The molecule has 0 saturated carbocycles. The second kappa shape index (κ2) is 10.8. The van der Waals surface area contributed by atoms with Crippen LogP contribution in [0.2, 0.25) is 4.34 Å². The van der Waals surface area contributed by atoms with Crippen molar-refractivity contribution in [1.29, 1.82) is 0 Å². The van der Waals surface area contributed by atoms with Crippen molar-refractivity contribution >= 4 is 66.1 Å². The van der Waals surface area contributed by atoms with Crippen molar-refractivity contribution in [3.8, 4) is 11.1 Å². The summed E-state index contributed by atoms with van der Waals surface area (Å²) in [6.07, 6.45) is -2.84. The fourth-order valence-electron chi connectivity index (χ4n) is 3.36. The predicted molar refractivity (Wildman–Crippen MR) is 146 cm³/mol. The van der Waals surface area contributed by atoms with E-state index in [2.05, 4.69) is 9.44 Å². The molecule has 200 valence electrons. The second-order valence-electron chi connectivity index (χ2n) is 7.78. The number of halogens is 4. The van der Waals surface area contributed by atoms with E-state index in [-0.39, 0.29) is 19.9 Å². The van der Waals surface area contributed by atoms with Crippen LogP contribution < -0.4 is 9.44 Å². The van der Waals surface area contributed by atoms with Gasteiger partial charge in [0.2, 0.25) is 0 Å². The molecule has 0 aliphatic rings. The largest absolute Gasteiger partial charge is 0.416 e. The molecule has 38 heavy (non-hydrogen) atoms. The molecule has 4 rings (SSSR count). The molecular weight excluding hydrogens is 601 g/mol. The Labute approximate surface area is 231 Å². The van der Waals surface area contributed by atoms with E-state index in [1.54, 1.807) is 6.07 Å². The number of hydrogen-bond donors (Lipinski definition) is 2. The molecule has 0 amide bonds. The van der Waals surface area contributed by atoms with Crippen LogP contribution in [0.1, 0.15) is 5.56 Å². The smallest absolute Gasteiger partial charge is 0.277 e. The summed E-state index contributed by atoms with van der Waals surface area (Å²) in [7, 11) is -8.70. The number of nitrogens with one attached hydrogen (secondary N) is 2. The van der Waals surface area contributed by atoms with Crippen molar-refractivity contribution in [2.45, 2.75) is 20.2 Å². The van der Waals surface area contributed by atoms with Gasteiger partial charge in [-0.05, 0) is 72.0 Å². The minimum Gasteiger partial charge on any atom is -0.277 e. The molecule has 0 aliphatic heterocycles. The third-order valence-electron chi connectivity index (χ3n) is 5.22. The van der Waals surface area contributed by atoms with Crippen LogP contribution in [0, 0.1) is 0 Å². The van der Waals surface area contributed by atoms with Gasteiger partial charge in [-0.25, -0.2) is 16.8 Å². The highest BCUT2D eigenvalue weighted by atomic mass is 35.5. The van der Waals surface area contributed by atoms with Gasteiger partial charge in [0.25, 0.3) is 20.0 Å². The molecule has 4 aromatic rings. The molecule has 0 aliphatic carbocycles. The molecular formula is C24H18ClF3N2O4S4. The van der Waals surface area contributed by atoms with Gasteiger partial charge in [-0.15, -0.1) is 23.1 Å². The Morgan fingerprint density at radius 1 is 0.789 bits per heavy atom. The number of hydrogen-bond acceptors (Lipinski definition) is 6. The van der Waals surface area contributed by atoms with E-state index in [0.717, 1.165) is 34.4 Å². The van der Waals surface area contributed by atoms with Crippen LogP contribution in [0.15, 0.2) is 92.9 Å². The topological polar surface area (TPSA) is 92.3 Å². The molecule has 1 heterocycles. The average molecular weight is 619 g/mol. The Morgan fingerprint density at radius 3 is 2.05 bits per heavy atom. The number of thiophene rings is 1. The molecule has 0 spiro atoms. The summed E-state index contributed by atoms with van der Waals surface area (Å²) in [6, 6.07) is 17.7. The zero-order valence-electron chi connectivity index (χ0n) is 19.3. The van der Waals surface area contributed by atoms with Gasteiger partial charge >= 0.3 is 6.18 Å². The lowest BCUT2D eigenvalue weighted by molar-refractivity contribution is -0.137. The maximum atomic E-state index is 13.2. The van der Waals surface area contributed by atoms with E-state index >= 15 is 0 Å². The molecule has 0 saturated heterocycles. The van der Waals surface area contributed by atoms with Crippen molar-refractivity contribution in [2.75, 3.05) is 15.7 Å². The Balaban J connectivity index is 1.78. The molecule has 0 fully saturated rings. The summed E-state index contributed by atoms with van der Waals surface area (Å²) < 4.78 is 96.4. The Hall–Kier alpha value is -2.71. The summed E-state index contributed by atoms with van der Waals surface area (Å²) in [5.74, 6) is 0. The molecule has 2 N–H and O–H groups in total. The van der Waals surface area contributed by atoms with Gasteiger partial charge in [-0.2, -0.15) is 13.2 Å². The minimum atomic E-state index is -4.75. The van der Waals surface area contributed by atoms with E-state index in [1.807, 2.05) is 30.5 Å². The van der Waals surface area contributed by atoms with Crippen LogP contribution in [0.25, 0.3) is 11.1 Å². The van der Waals surface area contributed by atoms with E-state index in [1.165, 1.54) is 36.0 Å². The van der Waals surface area contributed by atoms with Gasteiger partial charge in [-0.3, -0.25) is 9.44 Å². The van der Waals surface area contributed by atoms with Crippen molar-refractivity contribution < 1.29 is 30.0 Å². The molecule has 0 atom stereocenters. The Morgan fingerprint density at radius 2 is 1.45 bits per heavy atom. The Kier molecular flexibility index (Phi) is 8.05. The van der Waals surface area contributed by atoms with Crippen molar-refractivity contribution in [3.63, 3.8) is 0 Å². The number of anilines is 2. The molecule has 0 unspecified atom stereocenters. The van der Waals surface area contributed by atoms with E-state index in [4.69, 9.17) is 11.6 Å². The average Bonchev–Trinajstić information content (AvgIpc) is 3.32. The lowest BCUT2D eigenvalue weighted by Crippen LogP contribution is -2.18. The molecule has 0 radical (unpaired) electrons. The summed E-state index contributed by atoms with van der Waals surface area (Å²) in [4.78, 5) is 0.360. The highest BCUT2D eigenvalue weighted by molar-refractivity contribution is 7.98. The zero-order valence-corrected chi connectivity index (χ0v) is 23.3.